The molecule has 1 heterocycles. The summed E-state index contributed by atoms with van der Waals surface area (Å²) in [5.41, 5.74) is 0.525. The molecule has 2 N–H and O–H groups in total. The van der Waals surface area contributed by atoms with Gasteiger partial charge in [-0.1, -0.05) is 27.7 Å². The van der Waals surface area contributed by atoms with Crippen molar-refractivity contribution in [3.63, 3.8) is 0 Å². The second-order valence-corrected chi connectivity index (χ2v) is 6.62. The van der Waals surface area contributed by atoms with E-state index < -0.39 is 5.97 Å². The van der Waals surface area contributed by atoms with Gasteiger partial charge < -0.3 is 15.3 Å². The van der Waals surface area contributed by atoms with E-state index in [0.717, 1.165) is 0 Å². The predicted octanol–water partition coefficient (Wildman–Crippen LogP) is 1.39. The Kier molecular flexibility index (Phi) is 2.83. The van der Waals surface area contributed by atoms with E-state index in [9.17, 15) is 9.59 Å². The molecule has 2 fully saturated rings. The summed E-state index contributed by atoms with van der Waals surface area (Å²) in [7, 11) is 0. The summed E-state index contributed by atoms with van der Waals surface area (Å²) < 4.78 is 0. The summed E-state index contributed by atoms with van der Waals surface area (Å²) in [5.74, 6) is -0.710. The van der Waals surface area contributed by atoms with Crippen LogP contribution in [0.25, 0.3) is 0 Å². The highest BCUT2D eigenvalue weighted by Crippen LogP contribution is 2.67. The molecule has 0 unspecified atom stereocenters. The third-order valence-corrected chi connectivity index (χ3v) is 5.30. The number of carbonyl (C=O) groups excluding carboxylic acids is 1. The second-order valence-electron chi connectivity index (χ2n) is 6.62. The molecule has 1 saturated carbocycles. The van der Waals surface area contributed by atoms with Crippen LogP contribution in [0.3, 0.4) is 0 Å². The van der Waals surface area contributed by atoms with Crippen molar-refractivity contribution in [1.29, 1.82) is 0 Å². The molecule has 2 rings (SSSR count). The monoisotopic (exact) mass is 254 g/mol. The topological polar surface area (TPSA) is 69.6 Å². The van der Waals surface area contributed by atoms with Gasteiger partial charge in [-0.15, -0.1) is 0 Å². The zero-order chi connectivity index (χ0) is 13.7. The van der Waals surface area contributed by atoms with E-state index in [2.05, 4.69) is 33.0 Å². The molecule has 1 aliphatic heterocycles. The lowest BCUT2D eigenvalue weighted by Crippen LogP contribution is -2.56. The van der Waals surface area contributed by atoms with Crippen LogP contribution < -0.4 is 5.32 Å². The summed E-state index contributed by atoms with van der Waals surface area (Å²) in [4.78, 5) is 24.0. The molecule has 0 radical (unpaired) electrons. The van der Waals surface area contributed by atoms with Gasteiger partial charge in [0.05, 0.1) is 5.92 Å². The number of carbonyl (C=O) groups is 2. The van der Waals surface area contributed by atoms with Crippen LogP contribution >= 0.6 is 0 Å². The molecule has 102 valence electrons. The normalized spacial score (nSPS) is 25.4. The van der Waals surface area contributed by atoms with Crippen molar-refractivity contribution in [2.24, 2.45) is 22.7 Å². The van der Waals surface area contributed by atoms with Crippen LogP contribution in [0, 0.1) is 22.7 Å². The molecule has 1 aliphatic carbocycles. The standard InChI is InChI=1S/C13H22N2O3/c1-12(2)9(13(12,3)4)5-14-11(18)15-6-8(7-15)10(16)17/h8-9H,5-7H2,1-4H3,(H,14,18)(H,16,17). The molecule has 18 heavy (non-hydrogen) atoms. The van der Waals surface area contributed by atoms with Gasteiger partial charge in [-0.3, -0.25) is 4.79 Å². The molecule has 0 atom stereocenters. The summed E-state index contributed by atoms with van der Waals surface area (Å²) in [6.07, 6.45) is 0. The number of hydrogen-bond donors (Lipinski definition) is 2. The minimum Gasteiger partial charge on any atom is -0.481 e. The highest BCUT2D eigenvalue weighted by Gasteiger charge is 2.64. The molecule has 0 aromatic carbocycles. The van der Waals surface area contributed by atoms with Crippen LogP contribution in [0.4, 0.5) is 4.79 Å². The Morgan fingerprint density at radius 1 is 1.22 bits per heavy atom. The van der Waals surface area contributed by atoms with Crippen molar-refractivity contribution in [3.05, 3.63) is 0 Å². The molecule has 0 spiro atoms. The molecule has 1 saturated heterocycles. The molecular weight excluding hydrogens is 232 g/mol. The summed E-state index contributed by atoms with van der Waals surface area (Å²) in [6.45, 7) is 10.2. The number of rotatable bonds is 3. The fourth-order valence-electron chi connectivity index (χ4n) is 2.95. The van der Waals surface area contributed by atoms with E-state index in [1.54, 1.807) is 4.90 Å². The zero-order valence-corrected chi connectivity index (χ0v) is 11.5. The highest BCUT2D eigenvalue weighted by molar-refractivity contribution is 5.79. The van der Waals surface area contributed by atoms with Gasteiger partial charge in [0.25, 0.3) is 0 Å². The minimum atomic E-state index is -0.816. The van der Waals surface area contributed by atoms with E-state index in [4.69, 9.17) is 5.11 Å². The molecule has 0 aromatic heterocycles. The van der Waals surface area contributed by atoms with Crippen molar-refractivity contribution in [2.45, 2.75) is 27.7 Å². The summed E-state index contributed by atoms with van der Waals surface area (Å²) in [5, 5.41) is 11.7. The van der Waals surface area contributed by atoms with Crippen LogP contribution in [0.5, 0.6) is 0 Å². The SMILES string of the molecule is CC1(C)C(CNC(=O)N2CC(C(=O)O)C2)C1(C)C. The van der Waals surface area contributed by atoms with E-state index in [1.165, 1.54) is 0 Å². The Labute approximate surface area is 108 Å². The molecule has 0 bridgehead atoms. The van der Waals surface area contributed by atoms with Crippen molar-refractivity contribution in [3.8, 4) is 0 Å². The number of amides is 2. The number of hydrogen-bond acceptors (Lipinski definition) is 2. The molecule has 5 nitrogen and oxygen atoms in total. The second kappa shape index (κ2) is 3.87. The summed E-state index contributed by atoms with van der Waals surface area (Å²) >= 11 is 0. The Hall–Kier alpha value is -1.26. The van der Waals surface area contributed by atoms with E-state index in [-0.39, 0.29) is 22.8 Å². The Morgan fingerprint density at radius 2 is 1.72 bits per heavy atom. The van der Waals surface area contributed by atoms with Gasteiger partial charge in [0.1, 0.15) is 0 Å². The highest BCUT2D eigenvalue weighted by atomic mass is 16.4. The Morgan fingerprint density at radius 3 is 2.11 bits per heavy atom. The fourth-order valence-corrected chi connectivity index (χ4v) is 2.95. The fraction of sp³-hybridized carbons (Fsp3) is 0.846. The number of likely N-dealkylation sites (tertiary alicyclic amines) is 1. The van der Waals surface area contributed by atoms with E-state index in [0.29, 0.717) is 25.6 Å². The van der Waals surface area contributed by atoms with Crippen molar-refractivity contribution < 1.29 is 14.7 Å². The first-order valence-electron chi connectivity index (χ1n) is 6.43. The van der Waals surface area contributed by atoms with Gasteiger partial charge in [-0.05, 0) is 16.7 Å². The van der Waals surface area contributed by atoms with Crippen LogP contribution in [-0.2, 0) is 4.79 Å². The van der Waals surface area contributed by atoms with Gasteiger partial charge >= 0.3 is 12.0 Å². The first-order chi connectivity index (χ1) is 8.18. The Bertz CT molecular complexity index is 370. The maximum Gasteiger partial charge on any atom is 0.317 e. The number of carboxylic acids is 1. The third kappa shape index (κ3) is 1.85. The van der Waals surface area contributed by atoms with Crippen LogP contribution in [0.1, 0.15) is 27.7 Å². The largest absolute Gasteiger partial charge is 0.481 e. The smallest absolute Gasteiger partial charge is 0.317 e. The van der Waals surface area contributed by atoms with Crippen LogP contribution in [0.2, 0.25) is 0 Å². The molecular formula is C13H22N2O3. The van der Waals surface area contributed by atoms with Crippen molar-refractivity contribution in [1.82, 2.24) is 10.2 Å². The van der Waals surface area contributed by atoms with Crippen LogP contribution in [0.15, 0.2) is 0 Å². The van der Waals surface area contributed by atoms with E-state index in [1.807, 2.05) is 0 Å². The maximum atomic E-state index is 11.8. The lowest BCUT2D eigenvalue weighted by Gasteiger charge is -2.36. The average molecular weight is 254 g/mol. The lowest BCUT2D eigenvalue weighted by molar-refractivity contribution is -0.146. The quantitative estimate of drug-likeness (QED) is 0.799. The Balaban J connectivity index is 1.73. The van der Waals surface area contributed by atoms with Gasteiger partial charge in [0.15, 0.2) is 0 Å². The van der Waals surface area contributed by atoms with Crippen molar-refractivity contribution in [2.75, 3.05) is 19.6 Å². The van der Waals surface area contributed by atoms with Gasteiger partial charge in [0.2, 0.25) is 0 Å². The molecule has 5 heteroatoms. The van der Waals surface area contributed by atoms with Crippen LogP contribution in [-0.4, -0.2) is 41.6 Å². The predicted molar refractivity (Wildman–Crippen MR) is 67.1 cm³/mol. The van der Waals surface area contributed by atoms with Gasteiger partial charge in [0, 0.05) is 19.6 Å². The maximum absolute atomic E-state index is 11.8. The number of nitrogens with one attached hydrogen (secondary N) is 1. The lowest BCUT2D eigenvalue weighted by atomic mass is 10.0. The van der Waals surface area contributed by atoms with E-state index >= 15 is 0 Å². The third-order valence-electron chi connectivity index (χ3n) is 5.30. The van der Waals surface area contributed by atoms with Crippen molar-refractivity contribution >= 4 is 12.0 Å². The molecule has 0 aromatic rings. The number of urea groups is 1. The zero-order valence-electron chi connectivity index (χ0n) is 11.5. The first kappa shape index (κ1) is 13.2. The van der Waals surface area contributed by atoms with Gasteiger partial charge in [-0.2, -0.15) is 0 Å². The summed E-state index contributed by atoms with van der Waals surface area (Å²) in [6, 6.07) is -0.133. The number of aliphatic carboxylic acids is 1. The molecule has 2 amide bonds. The number of carboxylic acid groups (broad SMARTS) is 1. The molecule has 2 aliphatic rings. The first-order valence-corrected chi connectivity index (χ1v) is 6.43. The van der Waals surface area contributed by atoms with Gasteiger partial charge in [-0.25, -0.2) is 4.79 Å². The minimum absolute atomic E-state index is 0.133. The average Bonchev–Trinajstić information content (AvgIpc) is 2.51. The number of nitrogens with zero attached hydrogens (tertiary/aromatic N) is 1.